The quantitative estimate of drug-likeness (QED) is 0.455. The number of anilines is 1. The molecule has 0 aliphatic rings. The summed E-state index contributed by atoms with van der Waals surface area (Å²) in [5, 5.41) is 10.8. The molecule has 0 saturated carbocycles. The van der Waals surface area contributed by atoms with Crippen molar-refractivity contribution in [3.63, 3.8) is 0 Å². The van der Waals surface area contributed by atoms with Crippen molar-refractivity contribution in [3.8, 4) is 5.75 Å². The number of nitrogens with zero attached hydrogens (tertiary/aromatic N) is 2. The molecular formula is C24H28N2O6S2. The summed E-state index contributed by atoms with van der Waals surface area (Å²) >= 11 is 0. The van der Waals surface area contributed by atoms with Crippen molar-refractivity contribution in [2.45, 2.75) is 22.8 Å². The molecule has 10 heteroatoms. The van der Waals surface area contributed by atoms with Crippen molar-refractivity contribution in [1.29, 1.82) is 0 Å². The number of para-hydroxylation sites is 2. The molecule has 0 aliphatic carbocycles. The first kappa shape index (κ1) is 25.7. The van der Waals surface area contributed by atoms with Crippen molar-refractivity contribution in [3.05, 3.63) is 84.4 Å². The van der Waals surface area contributed by atoms with E-state index < -0.39 is 26.2 Å². The molecule has 0 aromatic heterocycles. The Morgan fingerprint density at radius 2 is 1.35 bits per heavy atom. The summed E-state index contributed by atoms with van der Waals surface area (Å²) in [4.78, 5) is 0.125. The van der Waals surface area contributed by atoms with Gasteiger partial charge in [-0.3, -0.25) is 4.31 Å². The maximum absolute atomic E-state index is 13.5. The summed E-state index contributed by atoms with van der Waals surface area (Å²) in [6.45, 7) is 1.15. The van der Waals surface area contributed by atoms with Crippen LogP contribution in [0, 0.1) is 6.92 Å². The van der Waals surface area contributed by atoms with Crippen LogP contribution in [-0.4, -0.2) is 59.6 Å². The summed E-state index contributed by atoms with van der Waals surface area (Å²) in [7, 11) is -5.19. The Morgan fingerprint density at radius 3 is 1.97 bits per heavy atom. The third-order valence-electron chi connectivity index (χ3n) is 5.26. The minimum Gasteiger partial charge on any atom is -0.495 e. The van der Waals surface area contributed by atoms with E-state index in [0.717, 1.165) is 14.2 Å². The molecule has 0 heterocycles. The molecule has 34 heavy (non-hydrogen) atoms. The van der Waals surface area contributed by atoms with Gasteiger partial charge < -0.3 is 9.84 Å². The Bertz CT molecular complexity index is 1310. The van der Waals surface area contributed by atoms with E-state index in [1.54, 1.807) is 54.6 Å². The molecule has 8 nitrogen and oxygen atoms in total. The maximum atomic E-state index is 13.5. The van der Waals surface area contributed by atoms with Crippen LogP contribution in [0.2, 0.25) is 0 Å². The van der Waals surface area contributed by atoms with Crippen LogP contribution in [0.3, 0.4) is 0 Å². The zero-order chi connectivity index (χ0) is 24.9. The minimum absolute atomic E-state index is 0.0359. The number of hydrogen-bond donors (Lipinski definition) is 1. The number of hydrogen-bond acceptors (Lipinski definition) is 6. The molecule has 0 spiro atoms. The topological polar surface area (TPSA) is 104 Å². The molecule has 0 radical (unpaired) electrons. The number of sulfonamides is 2. The molecule has 3 aromatic rings. The van der Waals surface area contributed by atoms with Gasteiger partial charge in [-0.2, -0.15) is 4.31 Å². The molecule has 0 aliphatic heterocycles. The first-order valence-corrected chi connectivity index (χ1v) is 13.4. The van der Waals surface area contributed by atoms with E-state index in [9.17, 15) is 21.9 Å². The third kappa shape index (κ3) is 5.58. The summed E-state index contributed by atoms with van der Waals surface area (Å²) in [6.07, 6.45) is -1.33. The van der Waals surface area contributed by atoms with E-state index >= 15 is 0 Å². The minimum atomic E-state index is -4.08. The first-order chi connectivity index (χ1) is 16.1. The molecule has 1 atom stereocenters. The van der Waals surface area contributed by atoms with Crippen LogP contribution in [0.4, 0.5) is 5.69 Å². The number of rotatable bonds is 10. The lowest BCUT2D eigenvalue weighted by Gasteiger charge is -2.29. The second-order valence-corrected chi connectivity index (χ2v) is 11.7. The second kappa shape index (κ2) is 10.6. The first-order valence-electron chi connectivity index (χ1n) is 10.5. The summed E-state index contributed by atoms with van der Waals surface area (Å²) in [5.74, 6) is 0.301. The van der Waals surface area contributed by atoms with Crippen LogP contribution in [0.5, 0.6) is 5.75 Å². The molecule has 0 saturated heterocycles. The molecule has 3 rings (SSSR count). The summed E-state index contributed by atoms with van der Waals surface area (Å²) < 4.78 is 60.2. The molecule has 0 amide bonds. The van der Waals surface area contributed by atoms with Crippen molar-refractivity contribution in [1.82, 2.24) is 4.31 Å². The molecular weight excluding hydrogens is 476 g/mol. The van der Waals surface area contributed by atoms with E-state index in [1.165, 1.54) is 38.4 Å². The van der Waals surface area contributed by atoms with Crippen LogP contribution >= 0.6 is 0 Å². The van der Waals surface area contributed by atoms with Gasteiger partial charge in [-0.1, -0.05) is 48.0 Å². The smallest absolute Gasteiger partial charge is 0.264 e. The van der Waals surface area contributed by atoms with Crippen LogP contribution in [-0.2, 0) is 20.0 Å². The molecule has 0 unspecified atom stereocenters. The number of aryl methyl sites for hydroxylation is 1. The number of aliphatic hydroxyl groups is 1. The molecule has 182 valence electrons. The van der Waals surface area contributed by atoms with Gasteiger partial charge in [-0.25, -0.2) is 16.8 Å². The van der Waals surface area contributed by atoms with Gasteiger partial charge in [0, 0.05) is 13.6 Å². The lowest BCUT2D eigenvalue weighted by atomic mass is 10.2. The zero-order valence-electron chi connectivity index (χ0n) is 19.2. The van der Waals surface area contributed by atoms with Gasteiger partial charge in [0.2, 0.25) is 10.0 Å². The predicted octanol–water partition coefficient (Wildman–Crippen LogP) is 2.88. The van der Waals surface area contributed by atoms with Crippen molar-refractivity contribution < 1.29 is 26.7 Å². The Hall–Kier alpha value is -2.92. The lowest BCUT2D eigenvalue weighted by molar-refractivity contribution is 0.161. The highest BCUT2D eigenvalue weighted by Crippen LogP contribution is 2.32. The van der Waals surface area contributed by atoms with Gasteiger partial charge in [0.05, 0.1) is 35.2 Å². The van der Waals surface area contributed by atoms with Crippen LogP contribution in [0.15, 0.2) is 88.7 Å². The van der Waals surface area contributed by atoms with Gasteiger partial charge in [0.25, 0.3) is 10.0 Å². The SMILES string of the molecule is COc1ccccc1N(C[C@H](O)CN(C)S(=O)(=O)c1ccc(C)cc1)S(=O)(=O)c1ccccc1. The zero-order valence-corrected chi connectivity index (χ0v) is 20.8. The van der Waals surface area contributed by atoms with E-state index in [-0.39, 0.29) is 28.6 Å². The summed E-state index contributed by atoms with van der Waals surface area (Å²) in [6, 6.07) is 20.7. The fraction of sp³-hybridized carbons (Fsp3) is 0.250. The Kier molecular flexibility index (Phi) is 7.98. The van der Waals surface area contributed by atoms with E-state index in [1.807, 2.05) is 6.92 Å². The van der Waals surface area contributed by atoms with Gasteiger partial charge in [-0.05, 0) is 43.3 Å². The Morgan fingerprint density at radius 1 is 0.794 bits per heavy atom. The van der Waals surface area contributed by atoms with Crippen molar-refractivity contribution in [2.75, 3.05) is 31.6 Å². The number of methoxy groups -OCH3 is 1. The Balaban J connectivity index is 1.91. The molecule has 0 fully saturated rings. The summed E-state index contributed by atoms with van der Waals surface area (Å²) in [5.41, 5.74) is 1.15. The van der Waals surface area contributed by atoms with Gasteiger partial charge in [-0.15, -0.1) is 0 Å². The lowest BCUT2D eigenvalue weighted by Crippen LogP contribution is -2.43. The van der Waals surface area contributed by atoms with E-state index in [2.05, 4.69) is 0 Å². The average molecular weight is 505 g/mol. The number of benzene rings is 3. The van der Waals surface area contributed by atoms with Crippen LogP contribution < -0.4 is 9.04 Å². The molecule has 1 N–H and O–H groups in total. The predicted molar refractivity (Wildman–Crippen MR) is 131 cm³/mol. The maximum Gasteiger partial charge on any atom is 0.264 e. The van der Waals surface area contributed by atoms with Gasteiger partial charge in [0.1, 0.15) is 5.75 Å². The third-order valence-corrected chi connectivity index (χ3v) is 8.89. The van der Waals surface area contributed by atoms with Gasteiger partial charge >= 0.3 is 0 Å². The average Bonchev–Trinajstić information content (AvgIpc) is 2.83. The van der Waals surface area contributed by atoms with E-state index in [0.29, 0.717) is 5.75 Å². The highest BCUT2D eigenvalue weighted by Gasteiger charge is 2.31. The van der Waals surface area contributed by atoms with Crippen molar-refractivity contribution in [2.24, 2.45) is 0 Å². The normalized spacial score (nSPS) is 13.0. The molecule has 0 bridgehead atoms. The Labute approximate surface area is 201 Å². The van der Waals surface area contributed by atoms with Crippen LogP contribution in [0.1, 0.15) is 5.56 Å². The number of aliphatic hydroxyl groups excluding tert-OH is 1. The monoisotopic (exact) mass is 504 g/mol. The van der Waals surface area contributed by atoms with Crippen molar-refractivity contribution >= 4 is 25.7 Å². The van der Waals surface area contributed by atoms with E-state index in [4.69, 9.17) is 4.74 Å². The number of ether oxygens (including phenoxy) is 1. The highest BCUT2D eigenvalue weighted by atomic mass is 32.2. The largest absolute Gasteiger partial charge is 0.495 e. The standard InChI is InChI=1S/C24H28N2O6S2/c1-19-13-15-22(16-14-19)33(28,29)25(2)17-20(27)18-26(23-11-7-8-12-24(23)32-3)34(30,31)21-9-5-4-6-10-21/h4-16,20,27H,17-18H2,1-3H3/t20-/m1/s1. The highest BCUT2D eigenvalue weighted by molar-refractivity contribution is 7.92. The molecule has 3 aromatic carbocycles. The second-order valence-electron chi connectivity index (χ2n) is 7.77. The fourth-order valence-electron chi connectivity index (χ4n) is 3.42. The van der Waals surface area contributed by atoms with Crippen LogP contribution in [0.25, 0.3) is 0 Å². The fourth-order valence-corrected chi connectivity index (χ4v) is 6.16. The van der Waals surface area contributed by atoms with Gasteiger partial charge in [0.15, 0.2) is 0 Å². The number of likely N-dealkylation sites (N-methyl/N-ethyl adjacent to an activating group) is 1.